The highest BCUT2D eigenvalue weighted by Crippen LogP contribution is 2.10. The van der Waals surface area contributed by atoms with E-state index in [1.807, 2.05) is 17.0 Å². The smallest absolute Gasteiger partial charge is 0.191 e. The van der Waals surface area contributed by atoms with Crippen LogP contribution in [0.3, 0.4) is 0 Å². The molecular weight excluding hydrogens is 413 g/mol. The van der Waals surface area contributed by atoms with Crippen molar-refractivity contribution in [1.29, 1.82) is 0 Å². The highest BCUT2D eigenvalue weighted by molar-refractivity contribution is 14.0. The fourth-order valence-corrected chi connectivity index (χ4v) is 2.63. The zero-order chi connectivity index (χ0) is 15.1. The van der Waals surface area contributed by atoms with Crippen LogP contribution in [0.2, 0.25) is 0 Å². The molecule has 9 heteroatoms. The van der Waals surface area contributed by atoms with Crippen molar-refractivity contribution >= 4 is 41.3 Å². The van der Waals surface area contributed by atoms with Crippen LogP contribution in [0.25, 0.3) is 0 Å². The molecule has 2 aromatic heterocycles. The van der Waals surface area contributed by atoms with Gasteiger partial charge in [-0.05, 0) is 6.92 Å². The fraction of sp³-hybridized carbons (Fsp3) is 0.538. The maximum Gasteiger partial charge on any atom is 0.191 e. The summed E-state index contributed by atoms with van der Waals surface area (Å²) in [5.74, 6) is 1.79. The van der Waals surface area contributed by atoms with Crippen LogP contribution in [-0.2, 0) is 19.5 Å². The van der Waals surface area contributed by atoms with Crippen LogP contribution in [0.15, 0.2) is 16.8 Å². The Morgan fingerprint density at radius 2 is 2.23 bits per heavy atom. The highest BCUT2D eigenvalue weighted by atomic mass is 127. The number of rotatable bonds is 6. The maximum absolute atomic E-state index is 4.24. The van der Waals surface area contributed by atoms with Crippen molar-refractivity contribution in [2.45, 2.75) is 33.4 Å². The van der Waals surface area contributed by atoms with Gasteiger partial charge in [0.2, 0.25) is 0 Å². The molecule has 0 saturated heterocycles. The molecule has 0 aromatic carbocycles. The molecule has 0 aliphatic rings. The van der Waals surface area contributed by atoms with Crippen LogP contribution < -0.4 is 10.6 Å². The third kappa shape index (κ3) is 5.20. The second kappa shape index (κ2) is 9.72. The van der Waals surface area contributed by atoms with E-state index in [9.17, 15) is 0 Å². The summed E-state index contributed by atoms with van der Waals surface area (Å²) in [5, 5.41) is 14.6. The van der Waals surface area contributed by atoms with E-state index >= 15 is 0 Å². The molecule has 0 saturated carbocycles. The molecule has 2 N–H and O–H groups in total. The van der Waals surface area contributed by atoms with Crippen LogP contribution >= 0.6 is 35.3 Å². The summed E-state index contributed by atoms with van der Waals surface area (Å²) in [4.78, 5) is 9.68. The van der Waals surface area contributed by atoms with Crippen molar-refractivity contribution in [2.75, 3.05) is 13.6 Å². The number of thiazole rings is 1. The van der Waals surface area contributed by atoms with E-state index in [1.165, 1.54) is 4.88 Å². The van der Waals surface area contributed by atoms with Gasteiger partial charge in [0.25, 0.3) is 0 Å². The van der Waals surface area contributed by atoms with Crippen molar-refractivity contribution < 1.29 is 0 Å². The predicted molar refractivity (Wildman–Crippen MR) is 99.9 cm³/mol. The zero-order valence-corrected chi connectivity index (χ0v) is 16.2. The van der Waals surface area contributed by atoms with Crippen molar-refractivity contribution in [2.24, 2.45) is 4.99 Å². The molecule has 7 nitrogen and oxygen atoms in total. The molecular formula is C13H22IN7S. The standard InChI is InChI=1S/C13H21N7S.HI/c1-4-12-19-18-8-20(12)6-5-15-13(14-3)16-7-11-10(2)17-9-21-11;/h8-9H,4-7H2,1-3H3,(H2,14,15,16);1H. The van der Waals surface area contributed by atoms with Gasteiger partial charge in [-0.2, -0.15) is 0 Å². The number of nitrogens with zero attached hydrogens (tertiary/aromatic N) is 5. The molecule has 0 spiro atoms. The minimum atomic E-state index is 0. The lowest BCUT2D eigenvalue weighted by Gasteiger charge is -2.12. The number of nitrogens with one attached hydrogen (secondary N) is 2. The number of aryl methyl sites for hydroxylation is 2. The third-order valence-corrected chi connectivity index (χ3v) is 4.08. The summed E-state index contributed by atoms with van der Waals surface area (Å²) in [6.07, 6.45) is 2.65. The minimum Gasteiger partial charge on any atom is -0.355 e. The van der Waals surface area contributed by atoms with Gasteiger partial charge in [-0.3, -0.25) is 4.99 Å². The number of hydrogen-bond acceptors (Lipinski definition) is 5. The molecule has 0 atom stereocenters. The Hall–Kier alpha value is -1.23. The summed E-state index contributed by atoms with van der Waals surface area (Å²) in [5.41, 5.74) is 2.93. The van der Waals surface area contributed by atoms with Crippen LogP contribution in [0, 0.1) is 6.92 Å². The second-order valence-electron chi connectivity index (χ2n) is 4.51. The van der Waals surface area contributed by atoms with Crippen LogP contribution in [0.4, 0.5) is 0 Å². The SMILES string of the molecule is CCc1nncn1CCNC(=NC)NCc1scnc1C.I. The third-order valence-electron chi connectivity index (χ3n) is 3.14. The molecule has 122 valence electrons. The average Bonchev–Trinajstić information content (AvgIpc) is 3.11. The van der Waals surface area contributed by atoms with E-state index < -0.39 is 0 Å². The number of aromatic nitrogens is 4. The molecule has 0 radical (unpaired) electrons. The number of aliphatic imine (C=N–C) groups is 1. The summed E-state index contributed by atoms with van der Waals surface area (Å²) in [6.45, 7) is 6.42. The topological polar surface area (TPSA) is 80.0 Å². The molecule has 0 aliphatic carbocycles. The van der Waals surface area contributed by atoms with Gasteiger partial charge in [-0.25, -0.2) is 4.98 Å². The van der Waals surface area contributed by atoms with Gasteiger partial charge < -0.3 is 15.2 Å². The van der Waals surface area contributed by atoms with Crippen molar-refractivity contribution in [3.8, 4) is 0 Å². The van der Waals surface area contributed by atoms with Gasteiger partial charge in [0.05, 0.1) is 17.7 Å². The molecule has 0 amide bonds. The Bertz CT molecular complexity index is 593. The Morgan fingerprint density at radius 3 is 2.86 bits per heavy atom. The minimum absolute atomic E-state index is 0. The highest BCUT2D eigenvalue weighted by Gasteiger charge is 2.04. The van der Waals surface area contributed by atoms with Gasteiger partial charge in [0.1, 0.15) is 12.2 Å². The summed E-state index contributed by atoms with van der Waals surface area (Å²) in [7, 11) is 1.77. The van der Waals surface area contributed by atoms with E-state index in [1.54, 1.807) is 24.7 Å². The van der Waals surface area contributed by atoms with E-state index in [4.69, 9.17) is 0 Å². The normalized spacial score (nSPS) is 11.1. The van der Waals surface area contributed by atoms with Crippen LogP contribution in [0.5, 0.6) is 0 Å². The molecule has 2 rings (SSSR count). The summed E-state index contributed by atoms with van der Waals surface area (Å²) >= 11 is 1.65. The van der Waals surface area contributed by atoms with Crippen molar-refractivity contribution in [1.82, 2.24) is 30.4 Å². The lowest BCUT2D eigenvalue weighted by molar-refractivity contribution is 0.632. The van der Waals surface area contributed by atoms with Gasteiger partial charge in [-0.15, -0.1) is 45.5 Å². The van der Waals surface area contributed by atoms with E-state index in [2.05, 4.69) is 37.7 Å². The first-order chi connectivity index (χ1) is 10.2. The van der Waals surface area contributed by atoms with Crippen molar-refractivity contribution in [3.05, 3.63) is 28.2 Å². The number of halogens is 1. The van der Waals surface area contributed by atoms with E-state index in [-0.39, 0.29) is 24.0 Å². The molecule has 22 heavy (non-hydrogen) atoms. The Labute approximate surface area is 151 Å². The number of guanidine groups is 1. The van der Waals surface area contributed by atoms with E-state index in [0.29, 0.717) is 0 Å². The van der Waals surface area contributed by atoms with Gasteiger partial charge in [0, 0.05) is 31.4 Å². The van der Waals surface area contributed by atoms with Crippen LogP contribution in [-0.4, -0.2) is 39.3 Å². The molecule has 2 aromatic rings. The lowest BCUT2D eigenvalue weighted by Crippen LogP contribution is -2.38. The Morgan fingerprint density at radius 1 is 1.41 bits per heavy atom. The zero-order valence-electron chi connectivity index (χ0n) is 13.0. The van der Waals surface area contributed by atoms with Gasteiger partial charge in [0.15, 0.2) is 5.96 Å². The Kier molecular flexibility index (Phi) is 8.31. The van der Waals surface area contributed by atoms with Gasteiger partial charge >= 0.3 is 0 Å². The lowest BCUT2D eigenvalue weighted by atomic mass is 10.4. The first-order valence-electron chi connectivity index (χ1n) is 6.94. The quantitative estimate of drug-likeness (QED) is 0.409. The molecule has 0 unspecified atom stereocenters. The monoisotopic (exact) mass is 435 g/mol. The Balaban J connectivity index is 0.00000242. The first kappa shape index (κ1) is 18.8. The predicted octanol–water partition coefficient (Wildman–Crippen LogP) is 1.59. The first-order valence-corrected chi connectivity index (χ1v) is 7.82. The number of hydrogen-bond donors (Lipinski definition) is 2. The van der Waals surface area contributed by atoms with Gasteiger partial charge in [-0.1, -0.05) is 6.92 Å². The molecule has 2 heterocycles. The van der Waals surface area contributed by atoms with Crippen molar-refractivity contribution in [3.63, 3.8) is 0 Å². The molecule has 0 aliphatic heterocycles. The van der Waals surface area contributed by atoms with E-state index in [0.717, 1.165) is 43.5 Å². The van der Waals surface area contributed by atoms with Crippen LogP contribution in [0.1, 0.15) is 23.3 Å². The molecule has 0 bridgehead atoms. The summed E-state index contributed by atoms with van der Waals surface area (Å²) < 4.78 is 2.05. The summed E-state index contributed by atoms with van der Waals surface area (Å²) in [6, 6.07) is 0. The molecule has 0 fully saturated rings. The average molecular weight is 435 g/mol. The maximum atomic E-state index is 4.24. The fourth-order valence-electron chi connectivity index (χ4n) is 1.91. The largest absolute Gasteiger partial charge is 0.355 e. The second-order valence-corrected chi connectivity index (χ2v) is 5.45.